The van der Waals surface area contributed by atoms with E-state index in [1.54, 1.807) is 25.3 Å². The molecule has 1 amide bonds. The quantitative estimate of drug-likeness (QED) is 0.281. The Morgan fingerprint density at radius 1 is 1.12 bits per heavy atom. The number of hydrazone groups is 1. The molecule has 2 aromatic carbocycles. The molecule has 0 aromatic heterocycles. The van der Waals surface area contributed by atoms with Crippen LogP contribution in [-0.4, -0.2) is 43.8 Å². The molecule has 2 aromatic rings. The van der Waals surface area contributed by atoms with Crippen LogP contribution >= 0.6 is 0 Å². The molecule has 178 valence electrons. The zero-order valence-electron chi connectivity index (χ0n) is 19.9. The molecular formula is C24H33N5O4. The lowest BCUT2D eigenvalue weighted by atomic mass is 10.1. The van der Waals surface area contributed by atoms with Gasteiger partial charge in [0.05, 0.1) is 24.8 Å². The predicted molar refractivity (Wildman–Crippen MR) is 132 cm³/mol. The highest BCUT2D eigenvalue weighted by atomic mass is 16.6. The molecule has 33 heavy (non-hydrogen) atoms. The lowest BCUT2D eigenvalue weighted by Crippen LogP contribution is -2.32. The van der Waals surface area contributed by atoms with E-state index in [1.165, 1.54) is 18.3 Å². The first kappa shape index (κ1) is 25.6. The summed E-state index contributed by atoms with van der Waals surface area (Å²) in [6.45, 7) is 10.1. The molecule has 0 aliphatic carbocycles. The number of carbonyl (C=O) groups is 1. The van der Waals surface area contributed by atoms with Crippen molar-refractivity contribution >= 4 is 29.2 Å². The first-order chi connectivity index (χ1) is 15.7. The number of nitrogens with zero attached hydrogens (tertiary/aromatic N) is 3. The number of hydrogen-bond donors (Lipinski definition) is 2. The minimum atomic E-state index is -0.437. The Morgan fingerprint density at radius 3 is 2.30 bits per heavy atom. The van der Waals surface area contributed by atoms with Crippen LogP contribution in [0, 0.1) is 22.0 Å². The molecule has 0 radical (unpaired) electrons. The molecule has 9 heteroatoms. The molecule has 9 nitrogen and oxygen atoms in total. The van der Waals surface area contributed by atoms with Gasteiger partial charge in [-0.3, -0.25) is 14.9 Å². The average molecular weight is 456 g/mol. The van der Waals surface area contributed by atoms with Gasteiger partial charge in [0, 0.05) is 42.2 Å². The Balaban J connectivity index is 2.12. The number of non-ortho nitro benzene ring substituents is 1. The van der Waals surface area contributed by atoms with Gasteiger partial charge in [-0.15, -0.1) is 0 Å². The van der Waals surface area contributed by atoms with Crippen LogP contribution < -0.4 is 20.4 Å². The van der Waals surface area contributed by atoms with Gasteiger partial charge in [-0.05, 0) is 42.2 Å². The maximum absolute atomic E-state index is 12.2. The fraction of sp³-hybridized carbons (Fsp3) is 0.417. The highest BCUT2D eigenvalue weighted by Crippen LogP contribution is 2.26. The Kier molecular flexibility index (Phi) is 9.65. The standard InChI is InChI=1S/C24H33N5O4/c1-17(2)15-28(16-18(3)4)23-11-8-21(29(31)32)12-19(23)13-26-27-24(30)14-25-20-6-9-22(33-5)10-7-20/h6-13,17-18,25H,14-16H2,1-5H3,(H,27,30)/b26-13+. The second kappa shape index (κ2) is 12.4. The summed E-state index contributed by atoms with van der Waals surface area (Å²) >= 11 is 0. The molecule has 0 saturated heterocycles. The summed E-state index contributed by atoms with van der Waals surface area (Å²) in [7, 11) is 1.59. The molecule has 0 aliphatic rings. The van der Waals surface area contributed by atoms with Crippen LogP contribution in [0.1, 0.15) is 33.3 Å². The number of hydrogen-bond acceptors (Lipinski definition) is 7. The number of benzene rings is 2. The molecule has 0 saturated carbocycles. The van der Waals surface area contributed by atoms with Crippen LogP contribution in [0.4, 0.5) is 17.1 Å². The maximum Gasteiger partial charge on any atom is 0.270 e. The van der Waals surface area contributed by atoms with E-state index in [9.17, 15) is 14.9 Å². The van der Waals surface area contributed by atoms with E-state index in [-0.39, 0.29) is 18.1 Å². The third-order valence-electron chi connectivity index (χ3n) is 4.67. The number of amides is 1. The van der Waals surface area contributed by atoms with Gasteiger partial charge in [-0.2, -0.15) is 5.10 Å². The molecule has 0 unspecified atom stereocenters. The van der Waals surface area contributed by atoms with E-state index in [2.05, 4.69) is 48.4 Å². The Bertz CT molecular complexity index is 948. The molecule has 0 spiro atoms. The normalized spacial score (nSPS) is 11.1. The number of ether oxygens (including phenoxy) is 1. The van der Waals surface area contributed by atoms with Gasteiger partial charge in [0.15, 0.2) is 0 Å². The van der Waals surface area contributed by atoms with Crippen LogP contribution in [0.25, 0.3) is 0 Å². The number of methoxy groups -OCH3 is 1. The summed E-state index contributed by atoms with van der Waals surface area (Å²) in [5, 5.41) is 18.3. The summed E-state index contributed by atoms with van der Waals surface area (Å²) in [6, 6.07) is 11.9. The summed E-state index contributed by atoms with van der Waals surface area (Å²) in [5.41, 5.74) is 4.64. The van der Waals surface area contributed by atoms with Crippen molar-refractivity contribution in [2.75, 3.05) is 37.0 Å². The van der Waals surface area contributed by atoms with Gasteiger partial charge < -0.3 is 15.0 Å². The van der Waals surface area contributed by atoms with Crippen LogP contribution in [0.3, 0.4) is 0 Å². The number of nitrogens with one attached hydrogen (secondary N) is 2. The first-order valence-electron chi connectivity index (χ1n) is 10.9. The smallest absolute Gasteiger partial charge is 0.270 e. The fourth-order valence-electron chi connectivity index (χ4n) is 3.30. The maximum atomic E-state index is 12.2. The molecule has 2 N–H and O–H groups in total. The second-order valence-corrected chi connectivity index (χ2v) is 8.57. The highest BCUT2D eigenvalue weighted by Gasteiger charge is 2.17. The van der Waals surface area contributed by atoms with Crippen molar-refractivity contribution in [1.29, 1.82) is 0 Å². The van der Waals surface area contributed by atoms with Crippen LogP contribution in [0.15, 0.2) is 47.6 Å². The molecule has 0 fully saturated rings. The average Bonchev–Trinajstić information content (AvgIpc) is 2.76. The number of nitro groups is 1. The van der Waals surface area contributed by atoms with E-state index in [0.29, 0.717) is 17.4 Å². The van der Waals surface area contributed by atoms with Gasteiger partial charge in [-0.25, -0.2) is 5.43 Å². The monoisotopic (exact) mass is 455 g/mol. The zero-order chi connectivity index (χ0) is 24.4. The molecular weight excluding hydrogens is 422 g/mol. The van der Waals surface area contributed by atoms with Gasteiger partial charge in [0.25, 0.3) is 11.6 Å². The summed E-state index contributed by atoms with van der Waals surface area (Å²) < 4.78 is 5.11. The second-order valence-electron chi connectivity index (χ2n) is 8.57. The number of carbonyl (C=O) groups excluding carboxylic acids is 1. The topological polar surface area (TPSA) is 109 Å². The van der Waals surface area contributed by atoms with E-state index in [0.717, 1.165) is 30.2 Å². The predicted octanol–water partition coefficient (Wildman–Crippen LogP) is 4.28. The van der Waals surface area contributed by atoms with Gasteiger partial charge in [0.1, 0.15) is 5.75 Å². The van der Waals surface area contributed by atoms with Gasteiger partial charge in [-0.1, -0.05) is 27.7 Å². The molecule has 0 aliphatic heterocycles. The van der Waals surface area contributed by atoms with Gasteiger partial charge >= 0.3 is 0 Å². The third-order valence-corrected chi connectivity index (χ3v) is 4.67. The van der Waals surface area contributed by atoms with E-state index in [1.807, 2.05) is 12.1 Å². The van der Waals surface area contributed by atoms with Crippen molar-refractivity contribution in [2.24, 2.45) is 16.9 Å². The molecule has 0 bridgehead atoms. The SMILES string of the molecule is COc1ccc(NCC(=O)N/N=C/c2cc([N+](=O)[O-])ccc2N(CC(C)C)CC(C)C)cc1. The number of anilines is 2. The number of rotatable bonds is 12. The summed E-state index contributed by atoms with van der Waals surface area (Å²) in [6.07, 6.45) is 1.46. The van der Waals surface area contributed by atoms with E-state index >= 15 is 0 Å². The van der Waals surface area contributed by atoms with Crippen LogP contribution in [0.5, 0.6) is 5.75 Å². The molecule has 0 heterocycles. The van der Waals surface area contributed by atoms with Gasteiger partial charge in [0.2, 0.25) is 0 Å². The van der Waals surface area contributed by atoms with Crippen LogP contribution in [-0.2, 0) is 4.79 Å². The fourth-order valence-corrected chi connectivity index (χ4v) is 3.30. The molecule has 0 atom stereocenters. The van der Waals surface area contributed by atoms with E-state index in [4.69, 9.17) is 4.74 Å². The van der Waals surface area contributed by atoms with Crippen molar-refractivity contribution < 1.29 is 14.5 Å². The van der Waals surface area contributed by atoms with Crippen molar-refractivity contribution in [2.45, 2.75) is 27.7 Å². The highest BCUT2D eigenvalue weighted by molar-refractivity contribution is 5.90. The zero-order valence-corrected chi connectivity index (χ0v) is 19.9. The summed E-state index contributed by atoms with van der Waals surface area (Å²) in [4.78, 5) is 25.2. The molecule has 2 rings (SSSR count). The first-order valence-corrected chi connectivity index (χ1v) is 10.9. The lowest BCUT2D eigenvalue weighted by molar-refractivity contribution is -0.384. The van der Waals surface area contributed by atoms with Crippen molar-refractivity contribution in [3.05, 3.63) is 58.1 Å². The van der Waals surface area contributed by atoms with Crippen LogP contribution in [0.2, 0.25) is 0 Å². The van der Waals surface area contributed by atoms with Crippen molar-refractivity contribution in [1.82, 2.24) is 5.43 Å². The Labute approximate surface area is 195 Å². The minimum Gasteiger partial charge on any atom is -0.497 e. The Morgan fingerprint density at radius 2 is 1.76 bits per heavy atom. The lowest BCUT2D eigenvalue weighted by Gasteiger charge is -2.29. The van der Waals surface area contributed by atoms with Crippen molar-refractivity contribution in [3.63, 3.8) is 0 Å². The van der Waals surface area contributed by atoms with E-state index < -0.39 is 4.92 Å². The number of nitro benzene ring substituents is 1. The van der Waals surface area contributed by atoms with Crippen molar-refractivity contribution in [3.8, 4) is 5.75 Å². The largest absolute Gasteiger partial charge is 0.497 e. The third kappa shape index (κ3) is 8.44. The Hall–Kier alpha value is -3.62. The summed E-state index contributed by atoms with van der Waals surface area (Å²) in [5.74, 6) is 1.21. The minimum absolute atomic E-state index is 0.0261.